The maximum absolute atomic E-state index is 5.63. The quantitative estimate of drug-likeness (QED) is 0.869. The fraction of sp³-hybridized carbons (Fsp3) is 0.385. The van der Waals surface area contributed by atoms with Gasteiger partial charge in [0, 0.05) is 13.0 Å². The van der Waals surface area contributed by atoms with Crippen molar-refractivity contribution in [3.05, 3.63) is 47.0 Å². The van der Waals surface area contributed by atoms with Gasteiger partial charge in [-0.25, -0.2) is 0 Å². The Labute approximate surface area is 101 Å². The summed E-state index contributed by atoms with van der Waals surface area (Å²) in [5.74, 6) is 1.84. The molecule has 0 fully saturated rings. The van der Waals surface area contributed by atoms with Gasteiger partial charge in [-0.05, 0) is 19.4 Å². The van der Waals surface area contributed by atoms with Gasteiger partial charge in [-0.15, -0.1) is 10.2 Å². The topological polar surface area (TPSA) is 56.7 Å². The zero-order chi connectivity index (χ0) is 12.3. The Hall–Kier alpha value is -1.68. The summed E-state index contributed by atoms with van der Waals surface area (Å²) in [7, 11) is 0. The van der Waals surface area contributed by atoms with E-state index < -0.39 is 0 Å². The molecule has 0 bridgehead atoms. The Morgan fingerprint density at radius 1 is 1.12 bits per heavy atom. The third kappa shape index (κ3) is 2.53. The van der Waals surface area contributed by atoms with Crippen molar-refractivity contribution in [3.8, 4) is 0 Å². The van der Waals surface area contributed by atoms with Gasteiger partial charge < -0.3 is 10.3 Å². The van der Waals surface area contributed by atoms with E-state index in [1.165, 1.54) is 11.1 Å². The van der Waals surface area contributed by atoms with Crippen LogP contribution in [-0.4, -0.2) is 14.8 Å². The van der Waals surface area contributed by atoms with Crippen LogP contribution >= 0.6 is 0 Å². The van der Waals surface area contributed by atoms with Gasteiger partial charge in [-0.1, -0.05) is 29.8 Å². The van der Waals surface area contributed by atoms with E-state index in [0.29, 0.717) is 6.54 Å². The van der Waals surface area contributed by atoms with Gasteiger partial charge in [-0.3, -0.25) is 0 Å². The molecule has 1 aromatic carbocycles. The van der Waals surface area contributed by atoms with Crippen molar-refractivity contribution < 1.29 is 0 Å². The van der Waals surface area contributed by atoms with E-state index >= 15 is 0 Å². The number of hydrogen-bond acceptors (Lipinski definition) is 3. The summed E-state index contributed by atoms with van der Waals surface area (Å²) in [5.41, 5.74) is 8.15. The third-order valence-corrected chi connectivity index (χ3v) is 2.89. The molecule has 2 aromatic rings. The van der Waals surface area contributed by atoms with Gasteiger partial charge in [0.1, 0.15) is 11.6 Å². The first-order valence-corrected chi connectivity index (χ1v) is 5.91. The second-order valence-corrected chi connectivity index (χ2v) is 4.14. The molecule has 2 rings (SSSR count). The van der Waals surface area contributed by atoms with Crippen molar-refractivity contribution in [2.24, 2.45) is 5.73 Å². The van der Waals surface area contributed by atoms with Crippen LogP contribution in [0.4, 0.5) is 0 Å². The maximum atomic E-state index is 5.63. The minimum absolute atomic E-state index is 0.439. The van der Waals surface area contributed by atoms with Crippen LogP contribution in [0.5, 0.6) is 0 Å². The maximum Gasteiger partial charge on any atom is 0.146 e. The highest BCUT2D eigenvalue weighted by molar-refractivity contribution is 5.24. The monoisotopic (exact) mass is 230 g/mol. The van der Waals surface area contributed by atoms with Crippen LogP contribution in [0.1, 0.15) is 29.7 Å². The first-order valence-electron chi connectivity index (χ1n) is 5.91. The summed E-state index contributed by atoms with van der Waals surface area (Å²) in [4.78, 5) is 0. The molecule has 0 aliphatic heterocycles. The molecule has 2 N–H and O–H groups in total. The number of nitrogens with zero attached hydrogens (tertiary/aromatic N) is 3. The van der Waals surface area contributed by atoms with Crippen LogP contribution in [-0.2, 0) is 19.5 Å². The van der Waals surface area contributed by atoms with Gasteiger partial charge in [0.25, 0.3) is 0 Å². The number of aryl methyl sites for hydroxylation is 1. The van der Waals surface area contributed by atoms with Gasteiger partial charge >= 0.3 is 0 Å². The predicted octanol–water partition coefficient (Wildman–Crippen LogP) is 1.66. The summed E-state index contributed by atoms with van der Waals surface area (Å²) >= 11 is 0. The number of rotatable bonds is 4. The first-order chi connectivity index (χ1) is 8.24. The predicted molar refractivity (Wildman–Crippen MR) is 67.6 cm³/mol. The average molecular weight is 230 g/mol. The van der Waals surface area contributed by atoms with E-state index in [-0.39, 0.29) is 0 Å². The third-order valence-electron chi connectivity index (χ3n) is 2.89. The Balaban J connectivity index is 2.23. The fourth-order valence-corrected chi connectivity index (χ4v) is 1.91. The molecule has 1 aromatic heterocycles. The zero-order valence-electron chi connectivity index (χ0n) is 10.3. The lowest BCUT2D eigenvalue weighted by atomic mass is 10.1. The van der Waals surface area contributed by atoms with Crippen molar-refractivity contribution in [1.82, 2.24) is 14.8 Å². The molecule has 0 saturated heterocycles. The Kier molecular flexibility index (Phi) is 3.54. The standard InChI is InChI=1S/C13H18N4/c1-3-17-12(15-16-13(17)9-14)8-11-6-4-10(2)5-7-11/h4-7H,3,8-9,14H2,1-2H3. The van der Waals surface area contributed by atoms with E-state index in [0.717, 1.165) is 24.6 Å². The molecule has 4 nitrogen and oxygen atoms in total. The molecule has 90 valence electrons. The largest absolute Gasteiger partial charge is 0.324 e. The molecule has 0 spiro atoms. The molecule has 4 heteroatoms. The van der Waals surface area contributed by atoms with E-state index in [1.54, 1.807) is 0 Å². The lowest BCUT2D eigenvalue weighted by molar-refractivity contribution is 0.668. The van der Waals surface area contributed by atoms with Crippen molar-refractivity contribution in [2.75, 3.05) is 0 Å². The molecule has 1 heterocycles. The second-order valence-electron chi connectivity index (χ2n) is 4.14. The number of hydrogen-bond donors (Lipinski definition) is 1. The van der Waals surface area contributed by atoms with E-state index in [4.69, 9.17) is 5.73 Å². The van der Waals surface area contributed by atoms with Gasteiger partial charge in [0.2, 0.25) is 0 Å². The molecule has 0 amide bonds. The summed E-state index contributed by atoms with van der Waals surface area (Å²) in [6.45, 7) is 5.47. The zero-order valence-corrected chi connectivity index (χ0v) is 10.3. The highest BCUT2D eigenvalue weighted by atomic mass is 15.3. The SMILES string of the molecule is CCn1c(CN)nnc1Cc1ccc(C)cc1. The molecule has 0 aliphatic rings. The van der Waals surface area contributed by atoms with Crippen LogP contribution in [0.3, 0.4) is 0 Å². The average Bonchev–Trinajstić information content (AvgIpc) is 2.74. The van der Waals surface area contributed by atoms with Crippen LogP contribution in [0.25, 0.3) is 0 Å². The van der Waals surface area contributed by atoms with Crippen LogP contribution in [0.2, 0.25) is 0 Å². The van der Waals surface area contributed by atoms with E-state index in [2.05, 4.69) is 52.9 Å². The Morgan fingerprint density at radius 3 is 2.35 bits per heavy atom. The minimum Gasteiger partial charge on any atom is -0.324 e. The molecule has 17 heavy (non-hydrogen) atoms. The molecule has 0 atom stereocenters. The summed E-state index contributed by atoms with van der Waals surface area (Å²) < 4.78 is 2.08. The first kappa shape index (κ1) is 11.8. The summed E-state index contributed by atoms with van der Waals surface area (Å²) in [6.07, 6.45) is 0.807. The Bertz CT molecular complexity index is 485. The second kappa shape index (κ2) is 5.10. The van der Waals surface area contributed by atoms with Gasteiger partial charge in [0.05, 0.1) is 6.54 Å². The van der Waals surface area contributed by atoms with E-state index in [9.17, 15) is 0 Å². The highest BCUT2D eigenvalue weighted by Crippen LogP contribution is 2.10. The number of nitrogens with two attached hydrogens (primary N) is 1. The van der Waals surface area contributed by atoms with Crippen LogP contribution in [0, 0.1) is 6.92 Å². The van der Waals surface area contributed by atoms with Crippen molar-refractivity contribution in [2.45, 2.75) is 33.4 Å². The number of benzene rings is 1. The normalized spacial score (nSPS) is 10.8. The molecular weight excluding hydrogens is 212 g/mol. The molecule has 0 saturated carbocycles. The summed E-state index contributed by atoms with van der Waals surface area (Å²) in [5, 5.41) is 8.32. The van der Waals surface area contributed by atoms with Crippen molar-refractivity contribution in [3.63, 3.8) is 0 Å². The smallest absolute Gasteiger partial charge is 0.146 e. The highest BCUT2D eigenvalue weighted by Gasteiger charge is 2.09. The minimum atomic E-state index is 0.439. The lowest BCUT2D eigenvalue weighted by Crippen LogP contribution is -2.10. The van der Waals surface area contributed by atoms with Crippen LogP contribution < -0.4 is 5.73 Å². The molecule has 0 unspecified atom stereocenters. The fourth-order valence-electron chi connectivity index (χ4n) is 1.91. The lowest BCUT2D eigenvalue weighted by Gasteiger charge is -2.06. The van der Waals surface area contributed by atoms with E-state index in [1.807, 2.05) is 0 Å². The van der Waals surface area contributed by atoms with Gasteiger partial charge in [-0.2, -0.15) is 0 Å². The molecular formula is C13H18N4. The van der Waals surface area contributed by atoms with Crippen molar-refractivity contribution >= 4 is 0 Å². The van der Waals surface area contributed by atoms with Gasteiger partial charge in [0.15, 0.2) is 0 Å². The summed E-state index contributed by atoms with van der Waals surface area (Å²) in [6, 6.07) is 8.50. The molecule has 0 aliphatic carbocycles. The molecule has 0 radical (unpaired) electrons. The van der Waals surface area contributed by atoms with Crippen LogP contribution in [0.15, 0.2) is 24.3 Å². The number of aromatic nitrogens is 3. The Morgan fingerprint density at radius 2 is 1.76 bits per heavy atom. The van der Waals surface area contributed by atoms with Crippen molar-refractivity contribution in [1.29, 1.82) is 0 Å².